The number of Topliss-reactive ketones (excluding diaryl/α,β-unsaturated/α-hetero) is 1. The Kier molecular flexibility index (Phi) is 6.66. The van der Waals surface area contributed by atoms with Gasteiger partial charge in [0.05, 0.1) is 18.2 Å². The van der Waals surface area contributed by atoms with Crippen molar-refractivity contribution < 1.29 is 9.53 Å². The lowest BCUT2D eigenvalue weighted by Crippen LogP contribution is -2.37. The van der Waals surface area contributed by atoms with Crippen LogP contribution in [0.3, 0.4) is 0 Å². The van der Waals surface area contributed by atoms with Crippen molar-refractivity contribution >= 4 is 45.0 Å². The summed E-state index contributed by atoms with van der Waals surface area (Å²) in [7, 11) is 1.59. The van der Waals surface area contributed by atoms with Gasteiger partial charge in [-0.1, -0.05) is 120 Å². The number of ether oxygens (including phenoxy) is 1. The Balaban J connectivity index is 1.91. The minimum atomic E-state index is -2.84. The SMILES string of the molecule is COc1ccccc1C(=O)C(n1nnc2ccccc21)=P(c1ccccc1)(c1ccccc1)c1ccccc1. The third-order valence-corrected chi connectivity index (χ3v) is 11.1. The lowest BCUT2D eigenvalue weighted by atomic mass is 10.1. The van der Waals surface area contributed by atoms with Crippen molar-refractivity contribution in [2.24, 2.45) is 0 Å². The fraction of sp³-hybridized carbons (Fsp3) is 0.0303. The second-order valence-electron chi connectivity index (χ2n) is 9.02. The second kappa shape index (κ2) is 10.6. The number of carbonyl (C=O) groups excluding carboxylic acids is 1. The van der Waals surface area contributed by atoms with Crippen molar-refractivity contribution in [2.75, 3.05) is 7.11 Å². The van der Waals surface area contributed by atoms with Gasteiger partial charge in [-0.05, 0) is 40.2 Å². The van der Waals surface area contributed by atoms with Crippen LogP contribution in [0.25, 0.3) is 11.0 Å². The van der Waals surface area contributed by atoms with E-state index < -0.39 is 6.89 Å². The normalized spacial score (nSPS) is 11.3. The van der Waals surface area contributed by atoms with Crippen LogP contribution >= 0.6 is 6.89 Å². The van der Waals surface area contributed by atoms with E-state index in [0.29, 0.717) is 16.7 Å². The summed E-state index contributed by atoms with van der Waals surface area (Å²) in [6, 6.07) is 46.0. The van der Waals surface area contributed by atoms with E-state index in [2.05, 4.69) is 46.7 Å². The molecule has 0 saturated heterocycles. The summed E-state index contributed by atoms with van der Waals surface area (Å²) in [6.07, 6.45) is 0. The van der Waals surface area contributed by atoms with Crippen molar-refractivity contribution in [3.63, 3.8) is 0 Å². The van der Waals surface area contributed by atoms with Crippen LogP contribution in [-0.4, -0.2) is 33.3 Å². The number of ketones is 1. The Morgan fingerprint density at radius 2 is 1.13 bits per heavy atom. The molecule has 0 radical (unpaired) electrons. The van der Waals surface area contributed by atoms with Crippen LogP contribution in [0.4, 0.5) is 0 Å². The van der Waals surface area contributed by atoms with Crippen LogP contribution in [0.15, 0.2) is 140 Å². The molecule has 0 aliphatic carbocycles. The molecule has 0 fully saturated rings. The van der Waals surface area contributed by atoms with Gasteiger partial charge in [-0.25, -0.2) is 4.68 Å². The number of benzene rings is 5. The summed E-state index contributed by atoms with van der Waals surface area (Å²) in [5, 5.41) is 12.2. The zero-order valence-corrected chi connectivity index (χ0v) is 22.3. The average molecular weight is 528 g/mol. The Morgan fingerprint density at radius 3 is 1.69 bits per heavy atom. The van der Waals surface area contributed by atoms with Gasteiger partial charge in [0.15, 0.2) is 0 Å². The lowest BCUT2D eigenvalue weighted by Gasteiger charge is -2.32. The molecule has 0 N–H and O–H groups in total. The minimum Gasteiger partial charge on any atom is -0.496 e. The Labute approximate surface area is 227 Å². The number of para-hydroxylation sites is 2. The number of rotatable bonds is 7. The summed E-state index contributed by atoms with van der Waals surface area (Å²) in [5.41, 5.74) is 2.50. The molecule has 1 heterocycles. The van der Waals surface area contributed by atoms with E-state index in [1.54, 1.807) is 11.8 Å². The Hall–Kier alpha value is -4.73. The molecule has 6 rings (SSSR count). The van der Waals surface area contributed by atoms with Crippen LogP contribution in [0.2, 0.25) is 0 Å². The van der Waals surface area contributed by atoms with Crippen molar-refractivity contribution in [1.29, 1.82) is 0 Å². The van der Waals surface area contributed by atoms with Gasteiger partial charge in [0.1, 0.15) is 16.7 Å². The fourth-order valence-corrected chi connectivity index (χ4v) is 9.48. The van der Waals surface area contributed by atoms with E-state index in [4.69, 9.17) is 4.74 Å². The molecule has 5 aromatic carbocycles. The van der Waals surface area contributed by atoms with Gasteiger partial charge >= 0.3 is 0 Å². The average Bonchev–Trinajstić information content (AvgIpc) is 3.44. The van der Waals surface area contributed by atoms with E-state index >= 15 is 4.79 Å². The summed E-state index contributed by atoms with van der Waals surface area (Å²) in [4.78, 5) is 15.1. The molecule has 39 heavy (non-hydrogen) atoms. The highest BCUT2D eigenvalue weighted by Gasteiger charge is 2.36. The van der Waals surface area contributed by atoms with Crippen LogP contribution in [-0.2, 0) is 0 Å². The molecule has 190 valence electrons. The van der Waals surface area contributed by atoms with E-state index in [1.165, 1.54) is 0 Å². The second-order valence-corrected chi connectivity index (χ2v) is 12.3. The Morgan fingerprint density at radius 1 is 0.641 bits per heavy atom. The molecule has 1 aromatic heterocycles. The number of hydrogen-bond donors (Lipinski definition) is 0. The number of nitrogens with zero attached hydrogens (tertiary/aromatic N) is 3. The molecule has 0 aliphatic rings. The largest absolute Gasteiger partial charge is 0.496 e. The monoisotopic (exact) mass is 527 g/mol. The van der Waals surface area contributed by atoms with E-state index in [0.717, 1.165) is 26.9 Å². The lowest BCUT2D eigenvalue weighted by molar-refractivity contribution is 0.106. The molecule has 0 amide bonds. The third-order valence-electron chi connectivity index (χ3n) is 6.86. The Bertz CT molecular complexity index is 1710. The van der Waals surface area contributed by atoms with Crippen molar-refractivity contribution in [3.05, 3.63) is 145 Å². The maximum atomic E-state index is 15.1. The molecule has 0 atom stereocenters. The number of hydrogen-bond acceptors (Lipinski definition) is 4. The van der Waals surface area contributed by atoms with E-state index in [9.17, 15) is 0 Å². The van der Waals surface area contributed by atoms with E-state index in [-0.39, 0.29) is 5.78 Å². The van der Waals surface area contributed by atoms with Crippen molar-refractivity contribution in [3.8, 4) is 5.75 Å². The van der Waals surface area contributed by atoms with Gasteiger partial charge in [0.25, 0.3) is 0 Å². The predicted molar refractivity (Wildman–Crippen MR) is 160 cm³/mol. The smallest absolute Gasteiger partial charge is 0.216 e. The van der Waals surface area contributed by atoms with Crippen molar-refractivity contribution in [2.45, 2.75) is 0 Å². The molecule has 0 bridgehead atoms. The zero-order valence-electron chi connectivity index (χ0n) is 21.4. The molecule has 6 heteroatoms. The summed E-state index contributed by atoms with van der Waals surface area (Å²) in [5.74, 6) is 0.352. The highest BCUT2D eigenvalue weighted by atomic mass is 31.2. The number of aromatic nitrogens is 3. The first-order valence-electron chi connectivity index (χ1n) is 12.7. The molecule has 0 unspecified atom stereocenters. The molecule has 5 nitrogen and oxygen atoms in total. The minimum absolute atomic E-state index is 0.159. The fourth-order valence-electron chi connectivity index (χ4n) is 5.14. The van der Waals surface area contributed by atoms with Gasteiger partial charge in [0.2, 0.25) is 5.78 Å². The predicted octanol–water partition coefficient (Wildman–Crippen LogP) is 5.29. The van der Waals surface area contributed by atoms with Gasteiger partial charge in [-0.15, -0.1) is 5.10 Å². The van der Waals surface area contributed by atoms with Gasteiger partial charge in [-0.2, -0.15) is 0 Å². The standard InChI is InChI=1S/C33H26N3O2P/c1-38-31-24-14-11-21-28(31)32(37)33(36-30-23-13-12-22-29(30)34-35-36)39(25-15-5-2-6-16-25,26-17-7-3-8-18-26)27-19-9-4-10-20-27/h2-24H,1H3. The van der Waals surface area contributed by atoms with Gasteiger partial charge < -0.3 is 4.74 Å². The summed E-state index contributed by atoms with van der Waals surface area (Å²) < 4.78 is 7.44. The molecule has 6 aromatic rings. The molecule has 0 saturated carbocycles. The molecular formula is C33H26N3O2P. The maximum absolute atomic E-state index is 15.1. The highest BCUT2D eigenvalue weighted by molar-refractivity contribution is 7.96. The van der Waals surface area contributed by atoms with Gasteiger partial charge in [0, 0.05) is 6.89 Å². The first-order valence-corrected chi connectivity index (χ1v) is 14.5. The zero-order chi connectivity index (χ0) is 26.7. The van der Waals surface area contributed by atoms with Crippen LogP contribution in [0, 0.1) is 0 Å². The van der Waals surface area contributed by atoms with Crippen LogP contribution < -0.4 is 20.7 Å². The van der Waals surface area contributed by atoms with Crippen LogP contribution in [0.5, 0.6) is 5.75 Å². The van der Waals surface area contributed by atoms with E-state index in [1.807, 2.05) is 103 Å². The number of fused-ring (bicyclic) bond motifs is 1. The molecule has 0 aliphatic heterocycles. The molecular weight excluding hydrogens is 501 g/mol. The summed E-state index contributed by atoms with van der Waals surface area (Å²) in [6.45, 7) is -2.84. The first kappa shape index (κ1) is 24.6. The van der Waals surface area contributed by atoms with Crippen molar-refractivity contribution in [1.82, 2.24) is 15.0 Å². The number of methoxy groups -OCH3 is 1. The molecule has 0 spiro atoms. The van der Waals surface area contributed by atoms with Crippen LogP contribution in [0.1, 0.15) is 10.4 Å². The highest BCUT2D eigenvalue weighted by Crippen LogP contribution is 2.47. The van der Waals surface area contributed by atoms with Gasteiger partial charge in [-0.3, -0.25) is 4.79 Å². The first-order chi connectivity index (χ1) is 19.2. The summed E-state index contributed by atoms with van der Waals surface area (Å²) >= 11 is 0. The maximum Gasteiger partial charge on any atom is 0.216 e. The quantitative estimate of drug-likeness (QED) is 0.209. The third kappa shape index (κ3) is 4.18. The number of carbonyl (C=O) groups is 1. The topological polar surface area (TPSA) is 57.0 Å².